The summed E-state index contributed by atoms with van der Waals surface area (Å²) in [6.07, 6.45) is 4.40. The number of nitrogens with zero attached hydrogens (tertiary/aromatic N) is 1. The minimum atomic E-state index is -0.0447. The van der Waals surface area contributed by atoms with Crippen LogP contribution in [-0.2, 0) is 4.79 Å². The van der Waals surface area contributed by atoms with Crippen molar-refractivity contribution >= 4 is 5.91 Å². The van der Waals surface area contributed by atoms with E-state index in [-0.39, 0.29) is 18.0 Å². The standard InChI is InChI=1S/C14H29N3O/c1-5-17(11(4)14(18)16-10(2)3)13-8-6-12(15)7-9-13/h10-13H,5-9,15H2,1-4H3,(H,16,18). The van der Waals surface area contributed by atoms with E-state index in [9.17, 15) is 4.79 Å². The zero-order valence-electron chi connectivity index (χ0n) is 12.3. The molecule has 0 radical (unpaired) electrons. The molecule has 0 aliphatic heterocycles. The summed E-state index contributed by atoms with van der Waals surface area (Å²) in [6.45, 7) is 9.07. The number of nitrogens with two attached hydrogens (primary N) is 1. The minimum absolute atomic E-state index is 0.0447. The Bertz CT molecular complexity index is 260. The Morgan fingerprint density at radius 2 is 1.83 bits per heavy atom. The fourth-order valence-corrected chi connectivity index (χ4v) is 2.84. The molecule has 106 valence electrons. The molecule has 0 aromatic carbocycles. The molecule has 1 aliphatic carbocycles. The third-order valence-electron chi connectivity index (χ3n) is 3.88. The molecule has 0 aromatic heterocycles. The second-order valence-electron chi connectivity index (χ2n) is 5.74. The fraction of sp³-hybridized carbons (Fsp3) is 0.929. The molecule has 1 fully saturated rings. The van der Waals surface area contributed by atoms with Gasteiger partial charge in [0.1, 0.15) is 0 Å². The van der Waals surface area contributed by atoms with E-state index in [1.54, 1.807) is 0 Å². The largest absolute Gasteiger partial charge is 0.353 e. The predicted octanol–water partition coefficient (Wildman–Crippen LogP) is 1.49. The normalized spacial score (nSPS) is 26.4. The maximum Gasteiger partial charge on any atom is 0.237 e. The van der Waals surface area contributed by atoms with Gasteiger partial charge < -0.3 is 11.1 Å². The highest BCUT2D eigenvalue weighted by atomic mass is 16.2. The van der Waals surface area contributed by atoms with Crippen LogP contribution in [0, 0.1) is 0 Å². The summed E-state index contributed by atoms with van der Waals surface area (Å²) in [4.78, 5) is 14.4. The highest BCUT2D eigenvalue weighted by molar-refractivity contribution is 5.81. The zero-order valence-corrected chi connectivity index (χ0v) is 12.3. The van der Waals surface area contributed by atoms with Gasteiger partial charge in [-0.2, -0.15) is 0 Å². The number of nitrogens with one attached hydrogen (secondary N) is 1. The number of likely N-dealkylation sites (N-methyl/N-ethyl adjacent to an activating group) is 1. The Morgan fingerprint density at radius 1 is 1.28 bits per heavy atom. The lowest BCUT2D eigenvalue weighted by Gasteiger charge is -2.38. The number of rotatable bonds is 5. The Kier molecular flexibility index (Phi) is 6.09. The molecule has 0 saturated heterocycles. The third-order valence-corrected chi connectivity index (χ3v) is 3.88. The van der Waals surface area contributed by atoms with Crippen LogP contribution in [0.4, 0.5) is 0 Å². The third kappa shape index (κ3) is 4.25. The summed E-state index contributed by atoms with van der Waals surface area (Å²) in [5.74, 6) is 0.140. The Labute approximate surface area is 111 Å². The molecule has 4 heteroatoms. The first-order chi connectivity index (χ1) is 8.45. The van der Waals surface area contributed by atoms with E-state index in [0.717, 1.165) is 32.2 Å². The lowest BCUT2D eigenvalue weighted by atomic mass is 9.90. The molecule has 1 unspecified atom stereocenters. The highest BCUT2D eigenvalue weighted by Gasteiger charge is 2.29. The van der Waals surface area contributed by atoms with Crippen molar-refractivity contribution in [3.8, 4) is 0 Å². The van der Waals surface area contributed by atoms with E-state index in [1.807, 2.05) is 20.8 Å². The van der Waals surface area contributed by atoms with E-state index in [0.29, 0.717) is 12.1 Å². The summed E-state index contributed by atoms with van der Waals surface area (Å²) < 4.78 is 0. The number of hydrogen-bond donors (Lipinski definition) is 2. The molecule has 3 N–H and O–H groups in total. The summed E-state index contributed by atoms with van der Waals surface area (Å²) in [5, 5.41) is 3.00. The first-order valence-electron chi connectivity index (χ1n) is 7.27. The SMILES string of the molecule is CCN(C1CCC(N)CC1)C(C)C(=O)NC(C)C. The van der Waals surface area contributed by atoms with Gasteiger partial charge >= 0.3 is 0 Å². The van der Waals surface area contributed by atoms with Crippen molar-refractivity contribution in [3.63, 3.8) is 0 Å². The molecule has 0 bridgehead atoms. The van der Waals surface area contributed by atoms with Gasteiger partial charge in [0.05, 0.1) is 6.04 Å². The van der Waals surface area contributed by atoms with Crippen LogP contribution < -0.4 is 11.1 Å². The molecular weight excluding hydrogens is 226 g/mol. The van der Waals surface area contributed by atoms with Gasteiger partial charge in [-0.15, -0.1) is 0 Å². The minimum Gasteiger partial charge on any atom is -0.353 e. The second-order valence-corrected chi connectivity index (χ2v) is 5.74. The van der Waals surface area contributed by atoms with Crippen molar-refractivity contribution < 1.29 is 4.79 Å². The molecule has 0 aromatic rings. The van der Waals surface area contributed by atoms with E-state index in [2.05, 4.69) is 17.1 Å². The van der Waals surface area contributed by atoms with Gasteiger partial charge in [0.2, 0.25) is 5.91 Å². The van der Waals surface area contributed by atoms with E-state index >= 15 is 0 Å². The van der Waals surface area contributed by atoms with Gasteiger partial charge in [-0.1, -0.05) is 6.92 Å². The first-order valence-corrected chi connectivity index (χ1v) is 7.27. The van der Waals surface area contributed by atoms with Gasteiger partial charge in [0, 0.05) is 18.1 Å². The monoisotopic (exact) mass is 255 g/mol. The van der Waals surface area contributed by atoms with Crippen LogP contribution in [0.3, 0.4) is 0 Å². The Hall–Kier alpha value is -0.610. The van der Waals surface area contributed by atoms with Crippen LogP contribution in [0.1, 0.15) is 53.4 Å². The van der Waals surface area contributed by atoms with Gasteiger partial charge in [-0.05, 0) is 53.0 Å². The zero-order chi connectivity index (χ0) is 13.7. The van der Waals surface area contributed by atoms with Gasteiger partial charge in [0.25, 0.3) is 0 Å². The summed E-state index contributed by atoms with van der Waals surface area (Å²) in [5.41, 5.74) is 5.94. The van der Waals surface area contributed by atoms with Crippen LogP contribution in [0.5, 0.6) is 0 Å². The number of carbonyl (C=O) groups excluding carboxylic acids is 1. The Balaban J connectivity index is 2.56. The van der Waals surface area contributed by atoms with Crippen molar-refractivity contribution in [2.45, 2.75) is 77.5 Å². The Morgan fingerprint density at radius 3 is 2.28 bits per heavy atom. The molecule has 18 heavy (non-hydrogen) atoms. The quantitative estimate of drug-likeness (QED) is 0.782. The second kappa shape index (κ2) is 7.10. The van der Waals surface area contributed by atoms with Crippen LogP contribution in [0.2, 0.25) is 0 Å². The maximum absolute atomic E-state index is 12.1. The van der Waals surface area contributed by atoms with Crippen molar-refractivity contribution in [1.29, 1.82) is 0 Å². The molecule has 0 heterocycles. The van der Waals surface area contributed by atoms with Crippen LogP contribution in [-0.4, -0.2) is 41.5 Å². The lowest BCUT2D eigenvalue weighted by molar-refractivity contribution is -0.127. The summed E-state index contributed by atoms with van der Waals surface area (Å²) in [7, 11) is 0. The predicted molar refractivity (Wildman–Crippen MR) is 75.4 cm³/mol. The molecule has 0 spiro atoms. The molecule has 1 saturated carbocycles. The van der Waals surface area contributed by atoms with Crippen molar-refractivity contribution in [2.24, 2.45) is 5.73 Å². The molecule has 1 atom stereocenters. The van der Waals surface area contributed by atoms with E-state index in [4.69, 9.17) is 5.73 Å². The van der Waals surface area contributed by atoms with Gasteiger partial charge in [0.15, 0.2) is 0 Å². The molecule has 1 rings (SSSR count). The van der Waals surface area contributed by atoms with Crippen LogP contribution in [0.25, 0.3) is 0 Å². The molecule has 4 nitrogen and oxygen atoms in total. The van der Waals surface area contributed by atoms with E-state index < -0.39 is 0 Å². The number of amides is 1. The molecular formula is C14H29N3O. The van der Waals surface area contributed by atoms with Crippen LogP contribution >= 0.6 is 0 Å². The number of hydrogen-bond acceptors (Lipinski definition) is 3. The van der Waals surface area contributed by atoms with Crippen molar-refractivity contribution in [1.82, 2.24) is 10.2 Å². The topological polar surface area (TPSA) is 58.4 Å². The van der Waals surface area contributed by atoms with Crippen molar-refractivity contribution in [2.75, 3.05) is 6.54 Å². The first kappa shape index (κ1) is 15.4. The van der Waals surface area contributed by atoms with Gasteiger partial charge in [-0.25, -0.2) is 0 Å². The van der Waals surface area contributed by atoms with Crippen molar-refractivity contribution in [3.05, 3.63) is 0 Å². The lowest BCUT2D eigenvalue weighted by Crippen LogP contribution is -2.52. The molecule has 1 amide bonds. The average molecular weight is 255 g/mol. The van der Waals surface area contributed by atoms with Crippen LogP contribution in [0.15, 0.2) is 0 Å². The smallest absolute Gasteiger partial charge is 0.237 e. The van der Waals surface area contributed by atoms with Gasteiger partial charge in [-0.3, -0.25) is 9.69 Å². The fourth-order valence-electron chi connectivity index (χ4n) is 2.84. The van der Waals surface area contributed by atoms with E-state index in [1.165, 1.54) is 0 Å². The average Bonchev–Trinajstić information content (AvgIpc) is 2.31. The number of carbonyl (C=O) groups is 1. The molecule has 1 aliphatic rings. The summed E-state index contributed by atoms with van der Waals surface area (Å²) >= 11 is 0. The summed E-state index contributed by atoms with van der Waals surface area (Å²) in [6, 6.07) is 1.04. The highest BCUT2D eigenvalue weighted by Crippen LogP contribution is 2.23. The maximum atomic E-state index is 12.1.